The first-order valence-corrected chi connectivity index (χ1v) is 12.0. The van der Waals surface area contributed by atoms with Crippen molar-refractivity contribution in [2.24, 2.45) is 28.1 Å². The number of nitrogens with zero attached hydrogens (tertiary/aromatic N) is 1. The van der Waals surface area contributed by atoms with Crippen LogP contribution in [0.25, 0.3) is 0 Å². The predicted molar refractivity (Wildman–Crippen MR) is 138 cm³/mol. The Labute approximate surface area is 216 Å². The van der Waals surface area contributed by atoms with Crippen LogP contribution in [0.4, 0.5) is 0 Å². The van der Waals surface area contributed by atoms with Gasteiger partial charge in [-0.1, -0.05) is 44.2 Å². The lowest BCUT2D eigenvalue weighted by atomic mass is 10.0. The van der Waals surface area contributed by atoms with Gasteiger partial charge in [-0.05, 0) is 30.7 Å². The molecule has 11 N–H and O–H groups in total. The summed E-state index contributed by atoms with van der Waals surface area (Å²) in [6.07, 6.45) is 0.742. The first kappa shape index (κ1) is 31.3. The number of nitrogens with one attached hydrogen (secondary N) is 3. The second-order valence-corrected chi connectivity index (χ2v) is 9.08. The van der Waals surface area contributed by atoms with Crippen LogP contribution in [0.1, 0.15) is 38.7 Å². The molecule has 1 aromatic rings. The second-order valence-electron chi connectivity index (χ2n) is 9.08. The van der Waals surface area contributed by atoms with Gasteiger partial charge in [-0.2, -0.15) is 0 Å². The summed E-state index contributed by atoms with van der Waals surface area (Å²) in [6.45, 7) is 3.20. The summed E-state index contributed by atoms with van der Waals surface area (Å²) >= 11 is 0. The molecule has 0 aliphatic carbocycles. The van der Waals surface area contributed by atoms with Gasteiger partial charge in [0.1, 0.15) is 18.1 Å². The number of aliphatic carboxylic acids is 1. The number of benzene rings is 1. The maximum absolute atomic E-state index is 13.0. The third-order valence-corrected chi connectivity index (χ3v) is 5.35. The lowest BCUT2D eigenvalue weighted by molar-refractivity contribution is -0.142. The van der Waals surface area contributed by atoms with Crippen LogP contribution < -0.4 is 33.2 Å². The molecule has 1 aromatic carbocycles. The maximum atomic E-state index is 13.0. The number of guanidine groups is 1. The van der Waals surface area contributed by atoms with E-state index in [-0.39, 0.29) is 37.7 Å². The van der Waals surface area contributed by atoms with Crippen LogP contribution in [0.2, 0.25) is 0 Å². The quantitative estimate of drug-likeness (QED) is 0.0694. The molecule has 0 radical (unpaired) electrons. The predicted octanol–water partition coefficient (Wildman–Crippen LogP) is -1.81. The van der Waals surface area contributed by atoms with Crippen LogP contribution in [0.15, 0.2) is 35.3 Å². The van der Waals surface area contributed by atoms with Crippen LogP contribution in [-0.2, 0) is 25.6 Å². The number of hydrogen-bond acceptors (Lipinski definition) is 7. The average molecular weight is 522 g/mol. The molecule has 13 heteroatoms. The number of aliphatic imine (C=N–C) groups is 1. The van der Waals surface area contributed by atoms with Gasteiger partial charge in [-0.3, -0.25) is 19.4 Å². The molecule has 3 amide bonds. The summed E-state index contributed by atoms with van der Waals surface area (Å²) in [7, 11) is 0. The van der Waals surface area contributed by atoms with E-state index in [4.69, 9.17) is 17.2 Å². The Morgan fingerprint density at radius 1 is 0.919 bits per heavy atom. The highest BCUT2D eigenvalue weighted by atomic mass is 16.4. The normalized spacial score (nSPS) is 14.1. The van der Waals surface area contributed by atoms with Crippen molar-refractivity contribution in [1.29, 1.82) is 0 Å². The Kier molecular flexibility index (Phi) is 13.6. The molecular formula is C24H39N7O6. The zero-order chi connectivity index (χ0) is 28.0. The van der Waals surface area contributed by atoms with E-state index in [9.17, 15) is 29.4 Å². The number of carboxylic acid groups (broad SMARTS) is 1. The summed E-state index contributed by atoms with van der Waals surface area (Å²) in [6, 6.07) is 4.06. The van der Waals surface area contributed by atoms with E-state index in [0.29, 0.717) is 12.0 Å². The van der Waals surface area contributed by atoms with Crippen molar-refractivity contribution in [3.05, 3.63) is 35.9 Å². The lowest BCUT2D eigenvalue weighted by Crippen LogP contribution is -2.58. The molecule has 4 atom stereocenters. The van der Waals surface area contributed by atoms with Crippen LogP contribution in [0, 0.1) is 5.92 Å². The van der Waals surface area contributed by atoms with Crippen molar-refractivity contribution in [2.45, 2.75) is 63.7 Å². The Hall–Kier alpha value is -3.71. The minimum Gasteiger partial charge on any atom is -0.480 e. The van der Waals surface area contributed by atoms with E-state index >= 15 is 0 Å². The molecule has 1 rings (SSSR count). The molecule has 206 valence electrons. The van der Waals surface area contributed by atoms with Gasteiger partial charge in [0.05, 0.1) is 12.6 Å². The largest absolute Gasteiger partial charge is 0.480 e. The van der Waals surface area contributed by atoms with Crippen LogP contribution in [-0.4, -0.2) is 77.2 Å². The van der Waals surface area contributed by atoms with Gasteiger partial charge < -0.3 is 43.4 Å². The molecule has 0 saturated carbocycles. The monoisotopic (exact) mass is 521 g/mol. The summed E-state index contributed by atoms with van der Waals surface area (Å²) in [5.74, 6) is -3.45. The second kappa shape index (κ2) is 16.1. The van der Waals surface area contributed by atoms with Gasteiger partial charge in [0.25, 0.3) is 0 Å². The Morgan fingerprint density at radius 2 is 1.49 bits per heavy atom. The van der Waals surface area contributed by atoms with Crippen LogP contribution in [0.3, 0.4) is 0 Å². The highest BCUT2D eigenvalue weighted by Crippen LogP contribution is 2.07. The van der Waals surface area contributed by atoms with Crippen molar-refractivity contribution in [2.75, 3.05) is 13.2 Å². The number of amides is 3. The summed E-state index contributed by atoms with van der Waals surface area (Å²) in [5.41, 5.74) is 17.2. The Bertz CT molecular complexity index is 921. The lowest BCUT2D eigenvalue weighted by Gasteiger charge is -2.24. The number of aliphatic hydroxyl groups is 1. The molecule has 0 aromatic heterocycles. The van der Waals surface area contributed by atoms with Crippen LogP contribution >= 0.6 is 0 Å². The number of rotatable bonds is 16. The van der Waals surface area contributed by atoms with E-state index in [2.05, 4.69) is 20.9 Å². The maximum Gasteiger partial charge on any atom is 0.326 e. The first-order chi connectivity index (χ1) is 17.4. The van der Waals surface area contributed by atoms with Crippen molar-refractivity contribution in [3.63, 3.8) is 0 Å². The smallest absolute Gasteiger partial charge is 0.326 e. The molecule has 0 fully saturated rings. The summed E-state index contributed by atoms with van der Waals surface area (Å²) < 4.78 is 0. The highest BCUT2D eigenvalue weighted by molar-refractivity contribution is 5.94. The molecule has 0 aliphatic heterocycles. The third-order valence-electron chi connectivity index (χ3n) is 5.35. The molecule has 0 aliphatic rings. The Morgan fingerprint density at radius 3 is 2.03 bits per heavy atom. The van der Waals surface area contributed by atoms with E-state index in [1.165, 1.54) is 0 Å². The minimum absolute atomic E-state index is 0.0274. The molecule has 0 saturated heterocycles. The standard InChI is InChI=1S/C24H39N7O6/c1-14(2)11-16(25)20(33)31-19(13-32)22(35)29-17(9-6-10-28-24(26)27)21(34)30-18(23(36)37)12-15-7-4-3-5-8-15/h3-5,7-8,14,16-19,32H,6,9-13,25H2,1-2H3,(H,29,35)(H,30,34)(H,31,33)(H,36,37)(H4,26,27,28). The number of carbonyl (C=O) groups is 4. The van der Waals surface area contributed by atoms with E-state index in [1.54, 1.807) is 30.3 Å². The minimum atomic E-state index is -1.36. The molecule has 0 bridgehead atoms. The Balaban J connectivity index is 2.96. The van der Waals surface area contributed by atoms with Crippen molar-refractivity contribution in [1.82, 2.24) is 16.0 Å². The van der Waals surface area contributed by atoms with Crippen molar-refractivity contribution in [3.8, 4) is 0 Å². The molecule has 0 heterocycles. The van der Waals surface area contributed by atoms with Crippen molar-refractivity contribution >= 4 is 29.7 Å². The molecule has 13 nitrogen and oxygen atoms in total. The SMILES string of the molecule is CC(C)CC(N)C(=O)NC(CO)C(=O)NC(CCCN=C(N)N)C(=O)NC(Cc1ccccc1)C(=O)O. The van der Waals surface area contributed by atoms with E-state index in [1.807, 2.05) is 13.8 Å². The molecule has 37 heavy (non-hydrogen) atoms. The van der Waals surface area contributed by atoms with Gasteiger partial charge >= 0.3 is 5.97 Å². The fourth-order valence-corrected chi connectivity index (χ4v) is 3.45. The van der Waals surface area contributed by atoms with E-state index in [0.717, 1.165) is 0 Å². The zero-order valence-electron chi connectivity index (χ0n) is 21.2. The van der Waals surface area contributed by atoms with Gasteiger partial charge in [-0.25, -0.2) is 4.79 Å². The van der Waals surface area contributed by atoms with Crippen LogP contribution in [0.5, 0.6) is 0 Å². The highest BCUT2D eigenvalue weighted by Gasteiger charge is 2.30. The first-order valence-electron chi connectivity index (χ1n) is 12.0. The zero-order valence-corrected chi connectivity index (χ0v) is 21.2. The number of carboxylic acids is 1. The van der Waals surface area contributed by atoms with Gasteiger partial charge in [0.2, 0.25) is 17.7 Å². The van der Waals surface area contributed by atoms with Gasteiger partial charge in [0.15, 0.2) is 5.96 Å². The third kappa shape index (κ3) is 12.2. The van der Waals surface area contributed by atoms with E-state index < -0.39 is 54.5 Å². The summed E-state index contributed by atoms with van der Waals surface area (Å²) in [5, 5.41) is 26.6. The fraction of sp³-hybridized carbons (Fsp3) is 0.542. The van der Waals surface area contributed by atoms with Gasteiger partial charge in [0, 0.05) is 13.0 Å². The average Bonchev–Trinajstić information content (AvgIpc) is 2.83. The topological polar surface area (TPSA) is 235 Å². The molecular weight excluding hydrogens is 482 g/mol. The molecule has 0 spiro atoms. The fourth-order valence-electron chi connectivity index (χ4n) is 3.45. The summed E-state index contributed by atoms with van der Waals surface area (Å²) in [4.78, 5) is 53.8. The van der Waals surface area contributed by atoms with Gasteiger partial charge in [-0.15, -0.1) is 0 Å². The molecule has 4 unspecified atom stereocenters. The van der Waals surface area contributed by atoms with Crippen molar-refractivity contribution < 1.29 is 29.4 Å². The number of aliphatic hydroxyl groups excluding tert-OH is 1. The number of carbonyl (C=O) groups excluding carboxylic acids is 3. The number of hydrogen-bond donors (Lipinski definition) is 8. The number of nitrogens with two attached hydrogens (primary N) is 3.